The predicted octanol–water partition coefficient (Wildman–Crippen LogP) is 0.514. The van der Waals surface area contributed by atoms with E-state index in [0.29, 0.717) is 0 Å². The summed E-state index contributed by atoms with van der Waals surface area (Å²) in [6.45, 7) is 7.27. The smallest absolute Gasteiger partial charge is 0.211 e. The largest absolute Gasteiger partial charge is 0.228 e. The molecule has 0 amide bonds. The molecule has 0 radical (unpaired) electrons. The van der Waals surface area contributed by atoms with Gasteiger partial charge in [-0.2, -0.15) is 9.57 Å². The van der Waals surface area contributed by atoms with E-state index in [0.717, 1.165) is 4.31 Å². The van der Waals surface area contributed by atoms with Gasteiger partial charge in [-0.3, -0.25) is 0 Å². The molecule has 72 valence electrons. The third-order valence-electron chi connectivity index (χ3n) is 1.31. The average Bonchev–Trinajstić information content (AvgIpc) is 2.04. The van der Waals surface area contributed by atoms with Gasteiger partial charge in [-0.05, 0) is 0 Å². The second kappa shape index (κ2) is 5.51. The number of nitriles is 1. The molecular formula is C8H12N2O2S. The van der Waals surface area contributed by atoms with E-state index in [-0.39, 0.29) is 13.1 Å². The van der Waals surface area contributed by atoms with E-state index in [9.17, 15) is 8.42 Å². The molecule has 5 heteroatoms. The van der Waals surface area contributed by atoms with Crippen LogP contribution in [0, 0.1) is 11.3 Å². The fraction of sp³-hybridized carbons (Fsp3) is 0.375. The highest BCUT2D eigenvalue weighted by Gasteiger charge is 2.18. The highest BCUT2D eigenvalue weighted by atomic mass is 32.2. The SMILES string of the molecule is C=CCN(CC=C)S(=O)(=O)CC#N. The lowest BCUT2D eigenvalue weighted by atomic mass is 10.5. The van der Waals surface area contributed by atoms with Crippen LogP contribution >= 0.6 is 0 Å². The lowest BCUT2D eigenvalue weighted by Crippen LogP contribution is -2.32. The first kappa shape index (κ1) is 11.9. The highest BCUT2D eigenvalue weighted by molar-refractivity contribution is 7.89. The Bertz CT molecular complexity index is 304. The summed E-state index contributed by atoms with van der Waals surface area (Å²) in [5.74, 6) is -0.505. The van der Waals surface area contributed by atoms with Crippen molar-refractivity contribution in [2.45, 2.75) is 0 Å². The lowest BCUT2D eigenvalue weighted by molar-refractivity contribution is 0.477. The summed E-state index contributed by atoms with van der Waals surface area (Å²) in [4.78, 5) is 0. The highest BCUT2D eigenvalue weighted by Crippen LogP contribution is 2.00. The van der Waals surface area contributed by atoms with Gasteiger partial charge in [0.25, 0.3) is 0 Å². The van der Waals surface area contributed by atoms with Gasteiger partial charge in [0.2, 0.25) is 10.0 Å². The van der Waals surface area contributed by atoms with Gasteiger partial charge in [-0.1, -0.05) is 12.2 Å². The first-order chi connectivity index (χ1) is 6.08. The molecule has 0 bridgehead atoms. The Morgan fingerprint density at radius 1 is 1.31 bits per heavy atom. The van der Waals surface area contributed by atoms with Crippen LogP contribution in [0.15, 0.2) is 25.3 Å². The van der Waals surface area contributed by atoms with Crippen LogP contribution in [0.4, 0.5) is 0 Å². The van der Waals surface area contributed by atoms with Gasteiger partial charge in [-0.25, -0.2) is 8.42 Å². The zero-order valence-electron chi connectivity index (χ0n) is 7.31. The van der Waals surface area contributed by atoms with Gasteiger partial charge < -0.3 is 0 Å². The van der Waals surface area contributed by atoms with Crippen molar-refractivity contribution in [3.63, 3.8) is 0 Å². The van der Waals surface area contributed by atoms with Crippen LogP contribution in [-0.2, 0) is 10.0 Å². The summed E-state index contributed by atoms with van der Waals surface area (Å²) in [5, 5.41) is 8.28. The summed E-state index contributed by atoms with van der Waals surface area (Å²) in [6.07, 6.45) is 2.94. The van der Waals surface area contributed by atoms with Crippen LogP contribution in [0.2, 0.25) is 0 Å². The number of nitrogens with zero attached hydrogens (tertiary/aromatic N) is 2. The molecule has 0 aliphatic rings. The van der Waals surface area contributed by atoms with Crippen LogP contribution in [0.3, 0.4) is 0 Å². The first-order valence-corrected chi connectivity index (χ1v) is 5.26. The van der Waals surface area contributed by atoms with Crippen molar-refractivity contribution >= 4 is 10.0 Å². The molecule has 0 N–H and O–H groups in total. The van der Waals surface area contributed by atoms with Crippen LogP contribution in [-0.4, -0.2) is 31.6 Å². The molecule has 0 aromatic carbocycles. The van der Waals surface area contributed by atoms with Crippen LogP contribution in [0.1, 0.15) is 0 Å². The fourth-order valence-corrected chi connectivity index (χ4v) is 1.77. The third kappa shape index (κ3) is 3.87. The quantitative estimate of drug-likeness (QED) is 0.587. The van der Waals surface area contributed by atoms with E-state index in [1.165, 1.54) is 12.2 Å². The van der Waals surface area contributed by atoms with Gasteiger partial charge in [-0.15, -0.1) is 13.2 Å². The van der Waals surface area contributed by atoms with E-state index in [2.05, 4.69) is 13.2 Å². The van der Waals surface area contributed by atoms with Gasteiger partial charge in [0.05, 0.1) is 6.07 Å². The van der Waals surface area contributed by atoms with E-state index in [4.69, 9.17) is 5.26 Å². The van der Waals surface area contributed by atoms with Crippen molar-refractivity contribution in [3.05, 3.63) is 25.3 Å². The number of hydrogen-bond acceptors (Lipinski definition) is 3. The zero-order chi connectivity index (χ0) is 10.3. The minimum absolute atomic E-state index is 0.204. The normalized spacial score (nSPS) is 10.8. The first-order valence-electron chi connectivity index (χ1n) is 3.65. The molecule has 0 fully saturated rings. The molecule has 0 unspecified atom stereocenters. The molecule has 0 aliphatic carbocycles. The molecule has 0 saturated carbocycles. The molecule has 4 nitrogen and oxygen atoms in total. The molecule has 0 aliphatic heterocycles. The Kier molecular flexibility index (Phi) is 5.04. The Labute approximate surface area is 78.8 Å². The number of rotatable bonds is 6. The van der Waals surface area contributed by atoms with E-state index < -0.39 is 15.8 Å². The van der Waals surface area contributed by atoms with Gasteiger partial charge in [0.1, 0.15) is 0 Å². The van der Waals surface area contributed by atoms with Gasteiger partial charge >= 0.3 is 0 Å². The molecular weight excluding hydrogens is 188 g/mol. The monoisotopic (exact) mass is 200 g/mol. The van der Waals surface area contributed by atoms with Crippen molar-refractivity contribution in [1.82, 2.24) is 4.31 Å². The summed E-state index contributed by atoms with van der Waals surface area (Å²) in [6, 6.07) is 1.61. The molecule has 0 atom stereocenters. The van der Waals surface area contributed by atoms with E-state index in [1.807, 2.05) is 0 Å². The molecule has 13 heavy (non-hydrogen) atoms. The predicted molar refractivity (Wildman–Crippen MR) is 51.4 cm³/mol. The topological polar surface area (TPSA) is 61.2 Å². The molecule has 0 heterocycles. The van der Waals surface area contributed by atoms with Crippen LogP contribution in [0.5, 0.6) is 0 Å². The molecule has 0 aromatic heterocycles. The second-order valence-electron chi connectivity index (χ2n) is 2.31. The number of hydrogen-bond donors (Lipinski definition) is 0. The fourth-order valence-electron chi connectivity index (χ4n) is 0.763. The minimum Gasteiger partial charge on any atom is -0.211 e. The molecule has 0 saturated heterocycles. The van der Waals surface area contributed by atoms with Crippen LogP contribution in [0.25, 0.3) is 0 Å². The number of sulfonamides is 1. The Balaban J connectivity index is 4.62. The standard InChI is InChI=1S/C8H12N2O2S/c1-3-6-10(7-4-2)13(11,12)8-5-9/h3-4H,1-2,6-8H2. The van der Waals surface area contributed by atoms with Crippen LogP contribution < -0.4 is 0 Å². The van der Waals surface area contributed by atoms with Crippen molar-refractivity contribution in [2.75, 3.05) is 18.8 Å². The Morgan fingerprint density at radius 3 is 2.08 bits per heavy atom. The molecule has 0 spiro atoms. The van der Waals surface area contributed by atoms with Gasteiger partial charge in [0.15, 0.2) is 5.75 Å². The van der Waals surface area contributed by atoms with Crippen molar-refractivity contribution < 1.29 is 8.42 Å². The maximum atomic E-state index is 11.3. The lowest BCUT2D eigenvalue weighted by Gasteiger charge is -2.16. The summed E-state index contributed by atoms with van der Waals surface area (Å²) in [5.41, 5.74) is 0. The molecule has 0 rings (SSSR count). The van der Waals surface area contributed by atoms with Crippen molar-refractivity contribution in [3.8, 4) is 6.07 Å². The van der Waals surface area contributed by atoms with E-state index in [1.54, 1.807) is 6.07 Å². The maximum absolute atomic E-state index is 11.3. The second-order valence-corrected chi connectivity index (χ2v) is 4.28. The third-order valence-corrected chi connectivity index (χ3v) is 2.88. The minimum atomic E-state index is -3.47. The van der Waals surface area contributed by atoms with Crippen molar-refractivity contribution in [1.29, 1.82) is 5.26 Å². The summed E-state index contributed by atoms with van der Waals surface area (Å²) < 4.78 is 23.8. The van der Waals surface area contributed by atoms with Crippen molar-refractivity contribution in [2.24, 2.45) is 0 Å². The Morgan fingerprint density at radius 2 is 1.77 bits per heavy atom. The summed E-state index contributed by atoms with van der Waals surface area (Å²) in [7, 11) is -3.47. The maximum Gasteiger partial charge on any atom is 0.228 e. The van der Waals surface area contributed by atoms with Gasteiger partial charge in [0, 0.05) is 13.1 Å². The Hall–Kier alpha value is -1.12. The van der Waals surface area contributed by atoms with E-state index >= 15 is 0 Å². The average molecular weight is 200 g/mol. The zero-order valence-corrected chi connectivity index (χ0v) is 8.13. The summed E-state index contributed by atoms with van der Waals surface area (Å²) >= 11 is 0. The molecule has 0 aromatic rings.